The number of halogens is 1. The molecule has 0 atom stereocenters. The van der Waals surface area contributed by atoms with E-state index in [0.29, 0.717) is 4.75 Å². The van der Waals surface area contributed by atoms with E-state index in [1.807, 2.05) is 16.2 Å². The van der Waals surface area contributed by atoms with E-state index in [4.69, 9.17) is 11.8 Å². The lowest BCUT2D eigenvalue weighted by Crippen LogP contribution is -2.37. The van der Waals surface area contributed by atoms with E-state index in [2.05, 4.69) is 13.8 Å². The molecule has 0 saturated carbocycles. The van der Waals surface area contributed by atoms with E-state index >= 15 is 0 Å². The van der Waals surface area contributed by atoms with Crippen LogP contribution in [-0.2, 0) is 0 Å². The van der Waals surface area contributed by atoms with Crippen LogP contribution in [0.1, 0.15) is 13.8 Å². The quantitative estimate of drug-likeness (QED) is 0.505. The van der Waals surface area contributed by atoms with Crippen molar-refractivity contribution < 1.29 is 0 Å². The van der Waals surface area contributed by atoms with Gasteiger partial charge in [0.25, 0.3) is 0 Å². The molecule has 0 amide bonds. The molecule has 0 aromatic heterocycles. The van der Waals surface area contributed by atoms with Crippen molar-refractivity contribution in [2.24, 2.45) is 0 Å². The molecule has 1 aliphatic rings. The summed E-state index contributed by atoms with van der Waals surface area (Å²) in [6.07, 6.45) is 0. The average Bonchev–Trinajstić information content (AvgIpc) is 1.60. The van der Waals surface area contributed by atoms with Gasteiger partial charge in [0.1, 0.15) is 0 Å². The summed E-state index contributed by atoms with van der Waals surface area (Å²) in [5.74, 6) is 1.16. The Labute approximate surface area is 65.9 Å². The highest BCUT2D eigenvalue weighted by atomic mass is 35.5. The molecule has 1 fully saturated rings. The summed E-state index contributed by atoms with van der Waals surface area (Å²) in [7, 11) is 0. The Morgan fingerprint density at radius 3 is 2.56 bits per heavy atom. The highest BCUT2D eigenvalue weighted by Gasteiger charge is 2.25. The van der Waals surface area contributed by atoms with Crippen molar-refractivity contribution in [3.05, 3.63) is 0 Å². The van der Waals surface area contributed by atoms with Crippen LogP contribution in [0.15, 0.2) is 0 Å². The molecule has 54 valence electrons. The normalized spacial score (nSPS) is 28.3. The number of hydrogen-bond acceptors (Lipinski definition) is 2. The molecule has 0 bridgehead atoms. The van der Waals surface area contributed by atoms with Gasteiger partial charge in [0.15, 0.2) is 0 Å². The van der Waals surface area contributed by atoms with Crippen molar-refractivity contribution in [2.45, 2.75) is 18.6 Å². The van der Waals surface area contributed by atoms with Crippen LogP contribution in [0.5, 0.6) is 0 Å². The lowest BCUT2D eigenvalue weighted by atomic mass is 10.2. The third kappa shape index (κ3) is 2.36. The summed E-state index contributed by atoms with van der Waals surface area (Å²) in [5, 5.41) is 0. The molecular formula is C6H12ClNS. The van der Waals surface area contributed by atoms with Crippen LogP contribution in [-0.4, -0.2) is 28.0 Å². The zero-order valence-corrected chi connectivity index (χ0v) is 7.43. The zero-order valence-electron chi connectivity index (χ0n) is 5.85. The maximum absolute atomic E-state index is 5.82. The molecule has 1 aliphatic heterocycles. The Hall–Kier alpha value is 0.600. The molecule has 1 rings (SSSR count). The van der Waals surface area contributed by atoms with Crippen LogP contribution in [0.4, 0.5) is 0 Å². The molecule has 0 spiro atoms. The second-order valence-corrected chi connectivity index (χ2v) is 5.23. The maximum Gasteiger partial charge on any atom is 0.0281 e. The van der Waals surface area contributed by atoms with Gasteiger partial charge in [0.2, 0.25) is 0 Å². The topological polar surface area (TPSA) is 3.24 Å². The van der Waals surface area contributed by atoms with E-state index < -0.39 is 0 Å². The standard InChI is InChI=1S/C6H12ClNS/c1-6(2)5-8(7)3-4-9-6/h3-5H2,1-2H3. The largest absolute Gasteiger partial charge is 0.218 e. The summed E-state index contributed by atoms with van der Waals surface area (Å²) in [6.45, 7) is 6.48. The Morgan fingerprint density at radius 2 is 2.22 bits per heavy atom. The predicted molar refractivity (Wildman–Crippen MR) is 44.0 cm³/mol. The van der Waals surface area contributed by atoms with Crippen molar-refractivity contribution >= 4 is 23.5 Å². The van der Waals surface area contributed by atoms with Gasteiger partial charge in [0, 0.05) is 23.6 Å². The molecule has 0 N–H and O–H groups in total. The summed E-state index contributed by atoms with van der Waals surface area (Å²) in [6, 6.07) is 0. The lowest BCUT2D eigenvalue weighted by molar-refractivity contribution is 0.420. The maximum atomic E-state index is 5.82. The summed E-state index contributed by atoms with van der Waals surface area (Å²) >= 11 is 7.82. The number of thioether (sulfide) groups is 1. The minimum Gasteiger partial charge on any atom is -0.218 e. The average molecular weight is 166 g/mol. The predicted octanol–water partition coefficient (Wildman–Crippen LogP) is 1.97. The molecule has 1 heterocycles. The Bertz CT molecular complexity index is 105. The van der Waals surface area contributed by atoms with Crippen LogP contribution in [0, 0.1) is 0 Å². The van der Waals surface area contributed by atoms with Gasteiger partial charge in [-0.2, -0.15) is 11.8 Å². The van der Waals surface area contributed by atoms with Gasteiger partial charge in [-0.1, -0.05) is 0 Å². The molecule has 0 aromatic carbocycles. The van der Waals surface area contributed by atoms with E-state index in [1.165, 1.54) is 0 Å². The number of nitrogens with zero attached hydrogens (tertiary/aromatic N) is 1. The fourth-order valence-electron chi connectivity index (χ4n) is 0.959. The fraction of sp³-hybridized carbons (Fsp3) is 1.00. The summed E-state index contributed by atoms with van der Waals surface area (Å²) in [4.78, 5) is 0. The van der Waals surface area contributed by atoms with Crippen molar-refractivity contribution in [1.29, 1.82) is 0 Å². The third-order valence-corrected chi connectivity index (χ3v) is 2.96. The second kappa shape index (κ2) is 2.69. The van der Waals surface area contributed by atoms with Crippen LogP contribution < -0.4 is 0 Å². The van der Waals surface area contributed by atoms with E-state index in [9.17, 15) is 0 Å². The van der Waals surface area contributed by atoms with E-state index in [-0.39, 0.29) is 0 Å². The minimum atomic E-state index is 0.361. The minimum absolute atomic E-state index is 0.361. The summed E-state index contributed by atoms with van der Waals surface area (Å²) in [5.41, 5.74) is 0. The highest BCUT2D eigenvalue weighted by molar-refractivity contribution is 8.00. The van der Waals surface area contributed by atoms with Crippen molar-refractivity contribution in [2.75, 3.05) is 18.8 Å². The molecule has 0 unspecified atom stereocenters. The SMILES string of the molecule is CC1(C)CN(Cl)CCS1. The van der Waals surface area contributed by atoms with Crippen LogP contribution in [0.2, 0.25) is 0 Å². The molecule has 3 heteroatoms. The molecule has 9 heavy (non-hydrogen) atoms. The zero-order chi connectivity index (χ0) is 6.91. The third-order valence-electron chi connectivity index (χ3n) is 1.38. The molecule has 1 nitrogen and oxygen atoms in total. The van der Waals surface area contributed by atoms with Gasteiger partial charge in [-0.3, -0.25) is 0 Å². The Kier molecular flexibility index (Phi) is 2.30. The van der Waals surface area contributed by atoms with Gasteiger partial charge in [-0.25, -0.2) is 4.42 Å². The van der Waals surface area contributed by atoms with Crippen molar-refractivity contribution in [3.8, 4) is 0 Å². The van der Waals surface area contributed by atoms with Crippen LogP contribution in [0.25, 0.3) is 0 Å². The Balaban J connectivity index is 2.41. The Morgan fingerprint density at radius 1 is 1.56 bits per heavy atom. The summed E-state index contributed by atoms with van der Waals surface area (Å²) < 4.78 is 2.23. The van der Waals surface area contributed by atoms with Gasteiger partial charge in [-0.05, 0) is 25.6 Å². The first-order valence-corrected chi connectivity index (χ1v) is 4.47. The first-order chi connectivity index (χ1) is 4.10. The van der Waals surface area contributed by atoms with Crippen LogP contribution >= 0.6 is 23.5 Å². The van der Waals surface area contributed by atoms with Crippen molar-refractivity contribution in [3.63, 3.8) is 0 Å². The number of hydrogen-bond donors (Lipinski definition) is 0. The van der Waals surface area contributed by atoms with Gasteiger partial charge < -0.3 is 0 Å². The van der Waals surface area contributed by atoms with Gasteiger partial charge in [0.05, 0.1) is 0 Å². The number of rotatable bonds is 0. The monoisotopic (exact) mass is 165 g/mol. The van der Waals surface area contributed by atoms with Gasteiger partial charge >= 0.3 is 0 Å². The fourth-order valence-corrected chi connectivity index (χ4v) is 2.62. The molecule has 0 aromatic rings. The van der Waals surface area contributed by atoms with Crippen LogP contribution in [0.3, 0.4) is 0 Å². The van der Waals surface area contributed by atoms with E-state index in [0.717, 1.165) is 18.8 Å². The molecular weight excluding hydrogens is 154 g/mol. The van der Waals surface area contributed by atoms with Gasteiger partial charge in [-0.15, -0.1) is 0 Å². The first kappa shape index (κ1) is 7.70. The molecule has 0 radical (unpaired) electrons. The molecule has 0 aliphatic carbocycles. The smallest absolute Gasteiger partial charge is 0.0281 e. The first-order valence-electron chi connectivity index (χ1n) is 3.15. The molecule has 1 saturated heterocycles. The highest BCUT2D eigenvalue weighted by Crippen LogP contribution is 2.29. The van der Waals surface area contributed by atoms with Crippen molar-refractivity contribution in [1.82, 2.24) is 4.42 Å². The second-order valence-electron chi connectivity index (χ2n) is 2.95. The lowest BCUT2D eigenvalue weighted by Gasteiger charge is -2.33. The van der Waals surface area contributed by atoms with E-state index in [1.54, 1.807) is 0 Å².